The first-order valence-electron chi connectivity index (χ1n) is 6.81. The van der Waals surface area contributed by atoms with Crippen molar-refractivity contribution in [2.75, 3.05) is 13.1 Å². The van der Waals surface area contributed by atoms with Crippen LogP contribution in [0.4, 0.5) is 4.39 Å². The zero-order chi connectivity index (χ0) is 14.4. The lowest BCUT2D eigenvalue weighted by molar-refractivity contribution is 0.491. The molecule has 3 nitrogen and oxygen atoms in total. The number of aryl methyl sites for hydroxylation is 1. The second kappa shape index (κ2) is 7.55. The zero-order valence-electron chi connectivity index (χ0n) is 11.5. The van der Waals surface area contributed by atoms with E-state index >= 15 is 0 Å². The molecule has 2 rings (SSSR count). The molecule has 0 unspecified atom stereocenters. The van der Waals surface area contributed by atoms with E-state index in [1.807, 2.05) is 0 Å². The van der Waals surface area contributed by atoms with E-state index in [2.05, 4.69) is 33.2 Å². The maximum absolute atomic E-state index is 13.5. The summed E-state index contributed by atoms with van der Waals surface area (Å²) in [6.07, 6.45) is 4.56. The minimum Gasteiger partial charge on any atom is -0.441 e. The van der Waals surface area contributed by atoms with Crippen molar-refractivity contribution in [3.63, 3.8) is 0 Å². The average Bonchev–Trinajstić information content (AvgIpc) is 2.90. The number of benzene rings is 1. The number of nitrogens with zero attached hydrogens (tertiary/aromatic N) is 1. The summed E-state index contributed by atoms with van der Waals surface area (Å²) in [5.41, 5.74) is 0.702. The van der Waals surface area contributed by atoms with Gasteiger partial charge in [-0.3, -0.25) is 0 Å². The predicted octanol–water partition coefficient (Wildman–Crippen LogP) is 4.18. The Morgan fingerprint density at radius 3 is 2.95 bits per heavy atom. The highest BCUT2D eigenvalue weighted by atomic mass is 79.9. The van der Waals surface area contributed by atoms with E-state index in [1.54, 1.807) is 18.3 Å². The van der Waals surface area contributed by atoms with E-state index in [0.717, 1.165) is 32.4 Å². The standard InChI is InChI=1S/C15H18BrFN2O/c1-2-7-18-8-3-4-15-19-10-14(20-15)11-5-6-12(16)13(17)9-11/h5-6,9-10,18H,2-4,7-8H2,1H3. The predicted molar refractivity (Wildman–Crippen MR) is 81.1 cm³/mol. The Morgan fingerprint density at radius 2 is 2.20 bits per heavy atom. The molecule has 0 aliphatic heterocycles. The van der Waals surface area contributed by atoms with Crippen molar-refractivity contribution < 1.29 is 8.81 Å². The quantitative estimate of drug-likeness (QED) is 0.768. The summed E-state index contributed by atoms with van der Waals surface area (Å²) in [6.45, 7) is 4.14. The molecular weight excluding hydrogens is 323 g/mol. The highest BCUT2D eigenvalue weighted by Gasteiger charge is 2.08. The van der Waals surface area contributed by atoms with Crippen LogP contribution in [-0.4, -0.2) is 18.1 Å². The van der Waals surface area contributed by atoms with Gasteiger partial charge in [-0.2, -0.15) is 0 Å². The van der Waals surface area contributed by atoms with Crippen LogP contribution in [0, 0.1) is 5.82 Å². The van der Waals surface area contributed by atoms with Crippen LogP contribution in [-0.2, 0) is 6.42 Å². The van der Waals surface area contributed by atoms with Crippen LogP contribution in [0.2, 0.25) is 0 Å². The molecule has 0 bridgehead atoms. The van der Waals surface area contributed by atoms with Crippen LogP contribution in [0.1, 0.15) is 25.7 Å². The second-order valence-corrected chi connectivity index (χ2v) is 5.46. The van der Waals surface area contributed by atoms with Crippen LogP contribution < -0.4 is 5.32 Å². The third kappa shape index (κ3) is 4.15. The van der Waals surface area contributed by atoms with Crippen LogP contribution >= 0.6 is 15.9 Å². The van der Waals surface area contributed by atoms with E-state index in [4.69, 9.17) is 4.42 Å². The molecule has 20 heavy (non-hydrogen) atoms. The number of oxazole rings is 1. The highest BCUT2D eigenvalue weighted by molar-refractivity contribution is 9.10. The Bertz CT molecular complexity index is 557. The van der Waals surface area contributed by atoms with E-state index < -0.39 is 0 Å². The normalized spacial score (nSPS) is 10.9. The summed E-state index contributed by atoms with van der Waals surface area (Å²) in [5.74, 6) is 0.999. The van der Waals surface area contributed by atoms with Gasteiger partial charge in [0.15, 0.2) is 11.7 Å². The number of hydrogen-bond acceptors (Lipinski definition) is 3. The SMILES string of the molecule is CCCNCCCc1ncc(-c2ccc(Br)c(F)c2)o1. The molecule has 1 heterocycles. The Morgan fingerprint density at radius 1 is 1.35 bits per heavy atom. The molecule has 0 atom stereocenters. The van der Waals surface area contributed by atoms with Crippen LogP contribution in [0.25, 0.3) is 11.3 Å². The lowest BCUT2D eigenvalue weighted by Crippen LogP contribution is -2.16. The molecule has 0 saturated heterocycles. The van der Waals surface area contributed by atoms with Gasteiger partial charge in [0, 0.05) is 12.0 Å². The van der Waals surface area contributed by atoms with Gasteiger partial charge in [0.1, 0.15) is 5.82 Å². The molecule has 2 aromatic rings. The van der Waals surface area contributed by atoms with Crippen molar-refractivity contribution in [1.82, 2.24) is 10.3 Å². The van der Waals surface area contributed by atoms with Gasteiger partial charge in [0.25, 0.3) is 0 Å². The molecule has 0 aliphatic carbocycles. The molecule has 1 N–H and O–H groups in total. The van der Waals surface area contributed by atoms with Gasteiger partial charge < -0.3 is 9.73 Å². The fourth-order valence-electron chi connectivity index (χ4n) is 1.88. The van der Waals surface area contributed by atoms with E-state index in [-0.39, 0.29) is 5.82 Å². The first-order valence-corrected chi connectivity index (χ1v) is 7.61. The first-order chi connectivity index (χ1) is 9.70. The molecule has 5 heteroatoms. The van der Waals surface area contributed by atoms with Crippen molar-refractivity contribution in [2.45, 2.75) is 26.2 Å². The molecule has 0 aliphatic rings. The fraction of sp³-hybridized carbons (Fsp3) is 0.400. The smallest absolute Gasteiger partial charge is 0.194 e. The molecule has 0 amide bonds. The van der Waals surface area contributed by atoms with Gasteiger partial charge in [-0.05, 0) is 60.1 Å². The third-order valence-corrected chi connectivity index (χ3v) is 3.57. The van der Waals surface area contributed by atoms with E-state index in [9.17, 15) is 4.39 Å². The number of hydrogen-bond donors (Lipinski definition) is 1. The summed E-state index contributed by atoms with van der Waals surface area (Å²) in [7, 11) is 0. The van der Waals surface area contributed by atoms with E-state index in [0.29, 0.717) is 21.7 Å². The largest absolute Gasteiger partial charge is 0.441 e. The second-order valence-electron chi connectivity index (χ2n) is 4.60. The minimum absolute atomic E-state index is 0.302. The van der Waals surface area contributed by atoms with Crippen LogP contribution in [0.3, 0.4) is 0 Å². The molecule has 0 spiro atoms. The Balaban J connectivity index is 1.93. The summed E-state index contributed by atoms with van der Waals surface area (Å²) in [4.78, 5) is 4.23. The van der Waals surface area contributed by atoms with Crippen molar-refractivity contribution in [3.8, 4) is 11.3 Å². The van der Waals surface area contributed by atoms with Crippen molar-refractivity contribution >= 4 is 15.9 Å². The van der Waals surface area contributed by atoms with Gasteiger partial charge in [0.2, 0.25) is 0 Å². The maximum Gasteiger partial charge on any atom is 0.194 e. The Labute approximate surface area is 126 Å². The third-order valence-electron chi connectivity index (χ3n) is 2.93. The molecule has 1 aromatic carbocycles. The van der Waals surface area contributed by atoms with Crippen molar-refractivity contribution in [1.29, 1.82) is 0 Å². The monoisotopic (exact) mass is 340 g/mol. The fourth-order valence-corrected chi connectivity index (χ4v) is 2.12. The topological polar surface area (TPSA) is 38.1 Å². The highest BCUT2D eigenvalue weighted by Crippen LogP contribution is 2.25. The van der Waals surface area contributed by atoms with Gasteiger partial charge in [-0.15, -0.1) is 0 Å². The lowest BCUT2D eigenvalue weighted by Gasteiger charge is -2.01. The Hall–Kier alpha value is -1.20. The van der Waals surface area contributed by atoms with Crippen molar-refractivity contribution in [3.05, 3.63) is 40.6 Å². The number of halogens is 2. The summed E-state index contributed by atoms with van der Waals surface area (Å²) >= 11 is 3.13. The van der Waals surface area contributed by atoms with E-state index in [1.165, 1.54) is 6.07 Å². The molecule has 1 aromatic heterocycles. The molecule has 0 saturated carbocycles. The van der Waals surface area contributed by atoms with Gasteiger partial charge in [-0.1, -0.05) is 6.92 Å². The molecule has 0 fully saturated rings. The maximum atomic E-state index is 13.5. The summed E-state index contributed by atoms with van der Waals surface area (Å²) in [5, 5.41) is 3.33. The molecule has 0 radical (unpaired) electrons. The minimum atomic E-state index is -0.302. The summed E-state index contributed by atoms with van der Waals surface area (Å²) in [6, 6.07) is 4.92. The first kappa shape index (κ1) is 15.2. The van der Waals surface area contributed by atoms with Crippen LogP contribution in [0.5, 0.6) is 0 Å². The number of nitrogens with one attached hydrogen (secondary N) is 1. The van der Waals surface area contributed by atoms with Gasteiger partial charge in [0.05, 0.1) is 10.7 Å². The number of rotatable bonds is 7. The molecular formula is C15H18BrFN2O. The summed E-state index contributed by atoms with van der Waals surface area (Å²) < 4.78 is 19.6. The van der Waals surface area contributed by atoms with Crippen LogP contribution in [0.15, 0.2) is 33.3 Å². The van der Waals surface area contributed by atoms with Gasteiger partial charge in [-0.25, -0.2) is 9.37 Å². The average molecular weight is 341 g/mol. The lowest BCUT2D eigenvalue weighted by atomic mass is 10.2. The zero-order valence-corrected chi connectivity index (χ0v) is 13.0. The molecule has 108 valence electrons. The number of aromatic nitrogens is 1. The van der Waals surface area contributed by atoms with Gasteiger partial charge >= 0.3 is 0 Å². The Kier molecular flexibility index (Phi) is 5.73. The van der Waals surface area contributed by atoms with Crippen molar-refractivity contribution in [2.24, 2.45) is 0 Å².